The van der Waals surface area contributed by atoms with Crippen LogP contribution < -0.4 is 0 Å². The maximum absolute atomic E-state index is 10.1. The van der Waals surface area contributed by atoms with Crippen molar-refractivity contribution < 1.29 is 5.11 Å². The number of rotatable bonds is 3. The van der Waals surface area contributed by atoms with E-state index in [-0.39, 0.29) is 0 Å². The molecule has 1 aromatic carbocycles. The summed E-state index contributed by atoms with van der Waals surface area (Å²) < 4.78 is 1.12. The van der Waals surface area contributed by atoms with Crippen LogP contribution in [-0.4, -0.2) is 28.7 Å². The molecule has 0 aromatic heterocycles. The highest BCUT2D eigenvalue weighted by atomic mass is 79.9. The summed E-state index contributed by atoms with van der Waals surface area (Å²) >= 11 is 3.47. The van der Waals surface area contributed by atoms with Gasteiger partial charge in [-0.1, -0.05) is 41.9 Å². The van der Waals surface area contributed by atoms with Crippen LogP contribution in [0.25, 0.3) is 0 Å². The monoisotopic (exact) mass is 283 g/mol. The first-order valence-corrected chi connectivity index (χ1v) is 6.48. The molecule has 3 heteroatoms. The highest BCUT2D eigenvalue weighted by molar-refractivity contribution is 9.10. The third-order valence-electron chi connectivity index (χ3n) is 3.36. The van der Waals surface area contributed by atoms with Gasteiger partial charge < -0.3 is 5.11 Å². The van der Waals surface area contributed by atoms with Crippen LogP contribution in [0.1, 0.15) is 19.4 Å². The Morgan fingerprint density at radius 1 is 1.44 bits per heavy atom. The van der Waals surface area contributed by atoms with E-state index < -0.39 is 5.60 Å². The van der Waals surface area contributed by atoms with E-state index in [1.807, 2.05) is 12.1 Å². The molecule has 1 heterocycles. The van der Waals surface area contributed by atoms with Crippen LogP contribution in [0.15, 0.2) is 28.7 Å². The van der Waals surface area contributed by atoms with Gasteiger partial charge in [0.15, 0.2) is 0 Å². The predicted molar refractivity (Wildman–Crippen MR) is 69.2 cm³/mol. The molecule has 0 saturated carbocycles. The molecule has 1 aromatic rings. The minimum absolute atomic E-state index is 0.339. The van der Waals surface area contributed by atoms with Gasteiger partial charge >= 0.3 is 0 Å². The molecule has 0 amide bonds. The van der Waals surface area contributed by atoms with Crippen molar-refractivity contribution >= 4 is 15.9 Å². The molecule has 1 N–H and O–H groups in total. The molecule has 16 heavy (non-hydrogen) atoms. The normalized spacial score (nSPS) is 19.8. The van der Waals surface area contributed by atoms with Gasteiger partial charge in [-0.15, -0.1) is 0 Å². The van der Waals surface area contributed by atoms with Gasteiger partial charge in [0.2, 0.25) is 0 Å². The van der Waals surface area contributed by atoms with E-state index >= 15 is 0 Å². The number of nitrogens with zero attached hydrogens (tertiary/aromatic N) is 1. The molecule has 0 atom stereocenters. The van der Waals surface area contributed by atoms with Crippen LogP contribution in [0.4, 0.5) is 0 Å². The predicted octanol–water partition coefficient (Wildman–Crippen LogP) is 2.65. The quantitative estimate of drug-likeness (QED) is 0.922. The average molecular weight is 284 g/mol. The Morgan fingerprint density at radius 3 is 2.69 bits per heavy atom. The van der Waals surface area contributed by atoms with E-state index in [0.29, 0.717) is 5.92 Å². The van der Waals surface area contributed by atoms with E-state index in [1.54, 1.807) is 0 Å². The smallest absolute Gasteiger partial charge is 0.0923 e. The first-order valence-electron chi connectivity index (χ1n) is 5.69. The summed E-state index contributed by atoms with van der Waals surface area (Å²) in [6, 6.07) is 8.34. The Labute approximate surface area is 105 Å². The van der Waals surface area contributed by atoms with Crippen LogP contribution in [0, 0.1) is 5.92 Å². The SMILES string of the molecule is CC(C)C1(O)CN(Cc2cccc(Br)c2)C1. The fraction of sp³-hybridized carbons (Fsp3) is 0.538. The number of halogens is 1. The molecule has 0 unspecified atom stereocenters. The molecule has 2 nitrogen and oxygen atoms in total. The lowest BCUT2D eigenvalue weighted by Gasteiger charge is -2.49. The second-order valence-corrected chi connectivity index (χ2v) is 5.95. The highest BCUT2D eigenvalue weighted by Crippen LogP contribution is 2.29. The third-order valence-corrected chi connectivity index (χ3v) is 3.86. The Morgan fingerprint density at radius 2 is 2.12 bits per heavy atom. The van der Waals surface area contributed by atoms with Gasteiger partial charge in [0.05, 0.1) is 5.60 Å². The molecular weight excluding hydrogens is 266 g/mol. The number of hydrogen-bond acceptors (Lipinski definition) is 2. The first kappa shape index (κ1) is 12.1. The lowest BCUT2D eigenvalue weighted by atomic mass is 9.83. The van der Waals surface area contributed by atoms with Crippen molar-refractivity contribution in [3.63, 3.8) is 0 Å². The second kappa shape index (κ2) is 4.47. The van der Waals surface area contributed by atoms with Gasteiger partial charge in [0, 0.05) is 24.1 Å². The zero-order valence-corrected chi connectivity index (χ0v) is 11.4. The fourth-order valence-electron chi connectivity index (χ4n) is 2.10. The van der Waals surface area contributed by atoms with Crippen molar-refractivity contribution in [3.8, 4) is 0 Å². The topological polar surface area (TPSA) is 23.5 Å². The van der Waals surface area contributed by atoms with Crippen molar-refractivity contribution in [2.45, 2.75) is 26.0 Å². The maximum atomic E-state index is 10.1. The van der Waals surface area contributed by atoms with Gasteiger partial charge in [0.25, 0.3) is 0 Å². The zero-order valence-electron chi connectivity index (χ0n) is 9.78. The molecule has 1 fully saturated rings. The minimum Gasteiger partial charge on any atom is -0.387 e. The van der Waals surface area contributed by atoms with E-state index in [2.05, 4.69) is 46.8 Å². The molecule has 0 bridgehead atoms. The molecule has 1 aliphatic heterocycles. The summed E-state index contributed by atoms with van der Waals surface area (Å²) in [5, 5.41) is 10.1. The van der Waals surface area contributed by atoms with E-state index in [9.17, 15) is 5.11 Å². The summed E-state index contributed by atoms with van der Waals surface area (Å²) in [6.07, 6.45) is 0. The first-order chi connectivity index (χ1) is 7.49. The highest BCUT2D eigenvalue weighted by Gasteiger charge is 2.43. The lowest BCUT2D eigenvalue weighted by Crippen LogP contribution is -2.63. The Kier molecular flexibility index (Phi) is 3.38. The van der Waals surface area contributed by atoms with E-state index in [4.69, 9.17) is 0 Å². The largest absolute Gasteiger partial charge is 0.387 e. The molecule has 0 radical (unpaired) electrons. The van der Waals surface area contributed by atoms with E-state index in [1.165, 1.54) is 5.56 Å². The van der Waals surface area contributed by atoms with Crippen LogP contribution in [0.2, 0.25) is 0 Å². The third kappa shape index (κ3) is 2.47. The summed E-state index contributed by atoms with van der Waals surface area (Å²) in [7, 11) is 0. The van der Waals surface area contributed by atoms with E-state index in [0.717, 1.165) is 24.1 Å². The number of aliphatic hydroxyl groups is 1. The van der Waals surface area contributed by atoms with Gasteiger partial charge in [0.1, 0.15) is 0 Å². The van der Waals surface area contributed by atoms with Gasteiger partial charge in [-0.2, -0.15) is 0 Å². The van der Waals surface area contributed by atoms with Crippen LogP contribution in [-0.2, 0) is 6.54 Å². The van der Waals surface area contributed by atoms with Crippen molar-refractivity contribution in [2.75, 3.05) is 13.1 Å². The molecular formula is C13H18BrNO. The number of likely N-dealkylation sites (tertiary alicyclic amines) is 1. The van der Waals surface area contributed by atoms with Crippen molar-refractivity contribution in [1.29, 1.82) is 0 Å². The zero-order chi connectivity index (χ0) is 11.8. The molecule has 2 rings (SSSR count). The van der Waals surface area contributed by atoms with Gasteiger partial charge in [-0.05, 0) is 23.6 Å². The summed E-state index contributed by atoms with van der Waals surface area (Å²) in [4.78, 5) is 2.28. The Bertz CT molecular complexity index is 372. The Balaban J connectivity index is 1.90. The lowest BCUT2D eigenvalue weighted by molar-refractivity contribution is -0.130. The molecule has 88 valence electrons. The van der Waals surface area contributed by atoms with Crippen molar-refractivity contribution in [3.05, 3.63) is 34.3 Å². The number of β-amino-alcohol motifs (C(OH)–C–C–N with tert-alkyl or cyclic N) is 1. The molecule has 0 aliphatic carbocycles. The number of benzene rings is 1. The summed E-state index contributed by atoms with van der Waals surface area (Å²) in [5.41, 5.74) is 0.826. The second-order valence-electron chi connectivity index (χ2n) is 5.03. The maximum Gasteiger partial charge on any atom is 0.0923 e. The summed E-state index contributed by atoms with van der Waals surface area (Å²) in [6.45, 7) is 6.66. The Hall–Kier alpha value is -0.380. The summed E-state index contributed by atoms with van der Waals surface area (Å²) in [5.74, 6) is 0.339. The fourth-order valence-corrected chi connectivity index (χ4v) is 2.55. The van der Waals surface area contributed by atoms with Crippen molar-refractivity contribution in [2.24, 2.45) is 5.92 Å². The van der Waals surface area contributed by atoms with Crippen LogP contribution >= 0.6 is 15.9 Å². The molecule has 1 saturated heterocycles. The molecule has 1 aliphatic rings. The number of hydrogen-bond donors (Lipinski definition) is 1. The molecule has 0 spiro atoms. The average Bonchev–Trinajstić information content (AvgIpc) is 2.14. The van der Waals surface area contributed by atoms with Crippen LogP contribution in [0.5, 0.6) is 0 Å². The standard InChI is InChI=1S/C13H18BrNO/c1-10(2)13(16)8-15(9-13)7-11-4-3-5-12(14)6-11/h3-6,10,16H,7-9H2,1-2H3. The van der Waals surface area contributed by atoms with Crippen LogP contribution in [0.3, 0.4) is 0 Å². The van der Waals surface area contributed by atoms with Crippen molar-refractivity contribution in [1.82, 2.24) is 4.90 Å². The van der Waals surface area contributed by atoms with Gasteiger partial charge in [-0.25, -0.2) is 0 Å². The minimum atomic E-state index is -0.466. The van der Waals surface area contributed by atoms with Gasteiger partial charge in [-0.3, -0.25) is 4.90 Å².